The molecule has 104 valence electrons. The molecule has 2 rings (SSSR count). The van der Waals surface area contributed by atoms with Gasteiger partial charge in [0, 0.05) is 5.97 Å². The summed E-state index contributed by atoms with van der Waals surface area (Å²) in [5, 5.41) is 10.8. The summed E-state index contributed by atoms with van der Waals surface area (Å²) in [6.45, 7) is 2.29. The number of hydrogen-bond donors (Lipinski definition) is 0. The molecule has 2 heteroatoms. The summed E-state index contributed by atoms with van der Waals surface area (Å²) in [6.07, 6.45) is 12.3. The Morgan fingerprint density at radius 1 is 0.944 bits per heavy atom. The van der Waals surface area contributed by atoms with Gasteiger partial charge in [-0.1, -0.05) is 32.6 Å². The molecule has 0 aliphatic heterocycles. The SMILES string of the molecule is CCCC1CCC(C2CCC(C(=O)[O-])CC2)CC1. The highest BCUT2D eigenvalue weighted by atomic mass is 16.4. The van der Waals surface area contributed by atoms with Gasteiger partial charge in [0.25, 0.3) is 0 Å². The predicted octanol–water partition coefficient (Wildman–Crippen LogP) is 3.15. The van der Waals surface area contributed by atoms with Gasteiger partial charge in [-0.05, 0) is 62.2 Å². The summed E-state index contributed by atoms with van der Waals surface area (Å²) in [5.74, 6) is 1.70. The third-order valence-corrected chi connectivity index (χ3v) is 5.36. The van der Waals surface area contributed by atoms with Gasteiger partial charge in [-0.2, -0.15) is 0 Å². The molecule has 0 atom stereocenters. The van der Waals surface area contributed by atoms with Crippen LogP contribution >= 0.6 is 0 Å². The molecule has 0 aromatic carbocycles. The fraction of sp³-hybridized carbons (Fsp3) is 0.938. The van der Waals surface area contributed by atoms with Crippen molar-refractivity contribution in [1.82, 2.24) is 0 Å². The fourth-order valence-electron chi connectivity index (χ4n) is 4.18. The van der Waals surface area contributed by atoms with Gasteiger partial charge in [-0.3, -0.25) is 0 Å². The summed E-state index contributed by atoms with van der Waals surface area (Å²) in [4.78, 5) is 10.8. The normalized spacial score (nSPS) is 37.4. The van der Waals surface area contributed by atoms with E-state index in [0.717, 1.165) is 43.4 Å². The molecule has 2 nitrogen and oxygen atoms in total. The van der Waals surface area contributed by atoms with Crippen LogP contribution in [0.4, 0.5) is 0 Å². The molecular weight excluding hydrogens is 224 g/mol. The maximum absolute atomic E-state index is 10.8. The van der Waals surface area contributed by atoms with Crippen LogP contribution in [0.25, 0.3) is 0 Å². The Balaban J connectivity index is 1.73. The monoisotopic (exact) mass is 251 g/mol. The van der Waals surface area contributed by atoms with Crippen LogP contribution in [0.15, 0.2) is 0 Å². The van der Waals surface area contributed by atoms with Crippen LogP contribution < -0.4 is 5.11 Å². The number of rotatable bonds is 4. The number of carboxylic acids is 1. The van der Waals surface area contributed by atoms with Gasteiger partial charge >= 0.3 is 0 Å². The zero-order chi connectivity index (χ0) is 13.0. The lowest BCUT2D eigenvalue weighted by Gasteiger charge is -2.38. The van der Waals surface area contributed by atoms with E-state index in [1.807, 2.05) is 0 Å². The van der Waals surface area contributed by atoms with Crippen molar-refractivity contribution < 1.29 is 9.90 Å². The molecule has 2 saturated carbocycles. The third kappa shape index (κ3) is 3.49. The van der Waals surface area contributed by atoms with E-state index in [9.17, 15) is 9.90 Å². The maximum Gasteiger partial charge on any atom is 0.0445 e. The maximum atomic E-state index is 10.8. The average Bonchev–Trinajstić information content (AvgIpc) is 2.40. The smallest absolute Gasteiger partial charge is 0.0445 e. The van der Waals surface area contributed by atoms with Crippen molar-refractivity contribution in [3.05, 3.63) is 0 Å². The summed E-state index contributed by atoms with van der Waals surface area (Å²) < 4.78 is 0. The Morgan fingerprint density at radius 2 is 1.44 bits per heavy atom. The van der Waals surface area contributed by atoms with E-state index in [1.165, 1.54) is 38.5 Å². The number of carbonyl (C=O) groups excluding carboxylic acids is 1. The quantitative estimate of drug-likeness (QED) is 0.770. The Bertz CT molecular complexity index is 258. The predicted molar refractivity (Wildman–Crippen MR) is 70.8 cm³/mol. The third-order valence-electron chi connectivity index (χ3n) is 5.36. The van der Waals surface area contributed by atoms with Gasteiger partial charge in [0.1, 0.15) is 0 Å². The first-order chi connectivity index (χ1) is 8.70. The number of carboxylic acid groups (broad SMARTS) is 1. The second kappa shape index (κ2) is 6.58. The highest BCUT2D eigenvalue weighted by molar-refractivity contribution is 5.67. The van der Waals surface area contributed by atoms with E-state index in [0.29, 0.717) is 0 Å². The summed E-state index contributed by atoms with van der Waals surface area (Å²) in [6, 6.07) is 0. The van der Waals surface area contributed by atoms with Gasteiger partial charge in [-0.15, -0.1) is 0 Å². The van der Waals surface area contributed by atoms with Crippen LogP contribution in [0.5, 0.6) is 0 Å². The van der Waals surface area contributed by atoms with Gasteiger partial charge in [0.2, 0.25) is 0 Å². The van der Waals surface area contributed by atoms with E-state index >= 15 is 0 Å². The first-order valence-corrected chi connectivity index (χ1v) is 7.91. The van der Waals surface area contributed by atoms with Crippen molar-refractivity contribution in [2.45, 2.75) is 71.1 Å². The van der Waals surface area contributed by atoms with Gasteiger partial charge in [0.15, 0.2) is 0 Å². The summed E-state index contributed by atoms with van der Waals surface area (Å²) in [5.41, 5.74) is 0. The molecule has 0 N–H and O–H groups in total. The van der Waals surface area contributed by atoms with Gasteiger partial charge < -0.3 is 9.90 Å². The highest BCUT2D eigenvalue weighted by Gasteiger charge is 2.30. The van der Waals surface area contributed by atoms with Crippen molar-refractivity contribution in [2.75, 3.05) is 0 Å². The Kier molecular flexibility index (Phi) is 5.08. The minimum Gasteiger partial charge on any atom is -0.550 e. The Morgan fingerprint density at radius 3 is 1.89 bits per heavy atom. The van der Waals surface area contributed by atoms with Crippen molar-refractivity contribution in [3.8, 4) is 0 Å². The number of aliphatic carboxylic acids is 1. The molecule has 0 heterocycles. The van der Waals surface area contributed by atoms with Crippen LogP contribution in [-0.4, -0.2) is 5.97 Å². The molecule has 0 radical (unpaired) electrons. The van der Waals surface area contributed by atoms with Crippen LogP contribution in [0.3, 0.4) is 0 Å². The summed E-state index contributed by atoms with van der Waals surface area (Å²) in [7, 11) is 0. The van der Waals surface area contributed by atoms with Crippen LogP contribution in [-0.2, 0) is 4.79 Å². The molecule has 0 saturated heterocycles. The topological polar surface area (TPSA) is 40.1 Å². The minimum absolute atomic E-state index is 0.155. The lowest BCUT2D eigenvalue weighted by molar-refractivity contribution is -0.312. The summed E-state index contributed by atoms with van der Waals surface area (Å²) >= 11 is 0. The van der Waals surface area contributed by atoms with E-state index in [1.54, 1.807) is 0 Å². The second-order valence-corrected chi connectivity index (χ2v) is 6.50. The van der Waals surface area contributed by atoms with Crippen LogP contribution in [0.2, 0.25) is 0 Å². The Hall–Kier alpha value is -0.530. The zero-order valence-electron chi connectivity index (χ0n) is 11.7. The molecule has 0 bridgehead atoms. The number of hydrogen-bond acceptors (Lipinski definition) is 2. The zero-order valence-corrected chi connectivity index (χ0v) is 11.7. The Labute approximate surface area is 111 Å². The molecule has 0 unspecified atom stereocenters. The van der Waals surface area contributed by atoms with Crippen molar-refractivity contribution in [2.24, 2.45) is 23.7 Å². The lowest BCUT2D eigenvalue weighted by Crippen LogP contribution is -2.35. The van der Waals surface area contributed by atoms with E-state index < -0.39 is 5.97 Å². The average molecular weight is 251 g/mol. The molecule has 18 heavy (non-hydrogen) atoms. The van der Waals surface area contributed by atoms with E-state index in [4.69, 9.17) is 0 Å². The molecule has 0 aromatic heterocycles. The van der Waals surface area contributed by atoms with E-state index in [2.05, 4.69) is 6.92 Å². The fourth-order valence-corrected chi connectivity index (χ4v) is 4.18. The van der Waals surface area contributed by atoms with Crippen molar-refractivity contribution in [1.29, 1.82) is 0 Å². The molecule has 2 aliphatic carbocycles. The van der Waals surface area contributed by atoms with Crippen LogP contribution in [0.1, 0.15) is 71.1 Å². The number of carbonyl (C=O) groups is 1. The van der Waals surface area contributed by atoms with Crippen molar-refractivity contribution >= 4 is 5.97 Å². The highest BCUT2D eigenvalue weighted by Crippen LogP contribution is 2.42. The van der Waals surface area contributed by atoms with Crippen molar-refractivity contribution in [3.63, 3.8) is 0 Å². The van der Waals surface area contributed by atoms with Crippen LogP contribution in [0, 0.1) is 23.7 Å². The molecule has 0 amide bonds. The molecule has 2 fully saturated rings. The lowest BCUT2D eigenvalue weighted by atomic mass is 9.69. The first kappa shape index (κ1) is 13.9. The standard InChI is InChI=1S/C16H28O2/c1-2-3-12-4-6-13(7-5-12)14-8-10-15(11-9-14)16(17)18/h12-15H,2-11H2,1H3,(H,17,18)/p-1. The largest absolute Gasteiger partial charge is 0.550 e. The second-order valence-electron chi connectivity index (χ2n) is 6.50. The minimum atomic E-state index is -0.819. The molecular formula is C16H27O2-. The molecule has 0 aromatic rings. The van der Waals surface area contributed by atoms with Gasteiger partial charge in [0.05, 0.1) is 0 Å². The van der Waals surface area contributed by atoms with Gasteiger partial charge in [-0.25, -0.2) is 0 Å². The molecule has 0 spiro atoms. The first-order valence-electron chi connectivity index (χ1n) is 7.91. The molecule has 2 aliphatic rings. The van der Waals surface area contributed by atoms with E-state index in [-0.39, 0.29) is 5.92 Å².